The number of thioether (sulfide) groups is 1. The second-order valence-electron chi connectivity index (χ2n) is 4.67. The minimum Gasteiger partial charge on any atom is -0.395 e. The van der Waals surface area contributed by atoms with Crippen molar-refractivity contribution in [1.29, 1.82) is 0 Å². The van der Waals surface area contributed by atoms with Crippen molar-refractivity contribution in [3.8, 4) is 0 Å². The van der Waals surface area contributed by atoms with Crippen LogP contribution in [0.2, 0.25) is 0 Å². The van der Waals surface area contributed by atoms with Crippen LogP contribution in [0.15, 0.2) is 23.1 Å². The van der Waals surface area contributed by atoms with Crippen LogP contribution in [0, 0.1) is 13.8 Å². The van der Waals surface area contributed by atoms with Gasteiger partial charge in [0.15, 0.2) is 0 Å². The van der Waals surface area contributed by atoms with Gasteiger partial charge in [-0.3, -0.25) is 4.79 Å². The van der Waals surface area contributed by atoms with E-state index in [-0.39, 0.29) is 32.2 Å². The Kier molecular flexibility index (Phi) is 7.65. The number of aryl methyl sites for hydroxylation is 2. The highest BCUT2D eigenvalue weighted by Gasteiger charge is 2.12. The predicted octanol–water partition coefficient (Wildman–Crippen LogP) is 1.60. The molecule has 0 saturated carbocycles. The Bertz CT molecular complexity index is 431. The van der Waals surface area contributed by atoms with Crippen LogP contribution in [0.1, 0.15) is 17.5 Å². The minimum atomic E-state index is -0.0734. The molecule has 0 aliphatic carbocycles. The van der Waals surface area contributed by atoms with E-state index in [0.29, 0.717) is 12.2 Å². The molecule has 4 nitrogen and oxygen atoms in total. The van der Waals surface area contributed by atoms with E-state index >= 15 is 0 Å². The lowest BCUT2D eigenvalue weighted by Crippen LogP contribution is -2.36. The van der Waals surface area contributed by atoms with Gasteiger partial charge in [0.05, 0.1) is 13.2 Å². The van der Waals surface area contributed by atoms with Gasteiger partial charge >= 0.3 is 0 Å². The third-order valence-corrected chi connectivity index (χ3v) is 4.15. The average molecular weight is 297 g/mol. The zero-order valence-corrected chi connectivity index (χ0v) is 12.9. The average Bonchev–Trinajstić information content (AvgIpc) is 2.42. The van der Waals surface area contributed by atoms with Crippen LogP contribution >= 0.6 is 11.8 Å². The molecule has 20 heavy (non-hydrogen) atoms. The molecule has 0 aliphatic heterocycles. The molecule has 1 aromatic carbocycles. The Morgan fingerprint density at radius 2 is 1.80 bits per heavy atom. The number of nitrogens with zero attached hydrogens (tertiary/aromatic N) is 1. The number of rotatable bonds is 8. The lowest BCUT2D eigenvalue weighted by atomic mass is 10.1. The molecule has 0 aliphatic rings. The van der Waals surface area contributed by atoms with E-state index in [2.05, 4.69) is 32.0 Å². The number of hydrogen-bond acceptors (Lipinski definition) is 4. The van der Waals surface area contributed by atoms with E-state index in [1.165, 1.54) is 16.0 Å². The normalized spacial score (nSPS) is 10.6. The molecule has 2 N–H and O–H groups in total. The Morgan fingerprint density at radius 3 is 2.35 bits per heavy atom. The molecule has 0 spiro atoms. The molecule has 112 valence electrons. The summed E-state index contributed by atoms with van der Waals surface area (Å²) in [5, 5.41) is 17.8. The van der Waals surface area contributed by atoms with Crippen LogP contribution in [-0.2, 0) is 4.79 Å². The van der Waals surface area contributed by atoms with Crippen LogP contribution in [0.3, 0.4) is 0 Å². The van der Waals surface area contributed by atoms with Crippen LogP contribution in [-0.4, -0.2) is 53.1 Å². The van der Waals surface area contributed by atoms with E-state index in [0.717, 1.165) is 4.90 Å². The summed E-state index contributed by atoms with van der Waals surface area (Å²) >= 11 is 1.65. The van der Waals surface area contributed by atoms with Crippen molar-refractivity contribution < 1.29 is 15.0 Å². The topological polar surface area (TPSA) is 60.8 Å². The van der Waals surface area contributed by atoms with E-state index in [9.17, 15) is 4.79 Å². The van der Waals surface area contributed by atoms with E-state index in [1.807, 2.05) is 0 Å². The van der Waals surface area contributed by atoms with Gasteiger partial charge in [0.25, 0.3) is 0 Å². The number of aliphatic hydroxyl groups is 2. The van der Waals surface area contributed by atoms with Gasteiger partial charge in [0, 0.05) is 30.2 Å². The molecule has 0 radical (unpaired) electrons. The molecule has 5 heteroatoms. The molecule has 0 atom stereocenters. The molecule has 0 unspecified atom stereocenters. The fraction of sp³-hybridized carbons (Fsp3) is 0.533. The first-order valence-corrected chi connectivity index (χ1v) is 7.76. The molecule has 1 aromatic rings. The molecular weight excluding hydrogens is 274 g/mol. The summed E-state index contributed by atoms with van der Waals surface area (Å²) in [6.07, 6.45) is 0.414. The molecule has 0 heterocycles. The Balaban J connectivity index is 2.42. The summed E-state index contributed by atoms with van der Waals surface area (Å²) in [5.74, 6) is 0.679. The first kappa shape index (κ1) is 17.0. The van der Waals surface area contributed by atoms with Crippen molar-refractivity contribution in [2.45, 2.75) is 25.2 Å². The van der Waals surface area contributed by atoms with Crippen molar-refractivity contribution in [1.82, 2.24) is 4.90 Å². The minimum absolute atomic E-state index is 0.0237. The Labute approximate surface area is 124 Å². The fourth-order valence-corrected chi connectivity index (χ4v) is 2.76. The molecular formula is C15H23NO3S. The smallest absolute Gasteiger partial charge is 0.223 e. The largest absolute Gasteiger partial charge is 0.395 e. The summed E-state index contributed by atoms with van der Waals surface area (Å²) in [6, 6.07) is 6.28. The third kappa shape index (κ3) is 5.53. The second kappa shape index (κ2) is 9.00. The monoisotopic (exact) mass is 297 g/mol. The van der Waals surface area contributed by atoms with Gasteiger partial charge < -0.3 is 15.1 Å². The zero-order valence-electron chi connectivity index (χ0n) is 12.1. The molecule has 0 bridgehead atoms. The van der Waals surface area contributed by atoms with Gasteiger partial charge in [-0.2, -0.15) is 0 Å². The van der Waals surface area contributed by atoms with Crippen molar-refractivity contribution in [3.63, 3.8) is 0 Å². The third-order valence-electron chi connectivity index (χ3n) is 3.16. The zero-order chi connectivity index (χ0) is 15.0. The van der Waals surface area contributed by atoms with Crippen molar-refractivity contribution in [3.05, 3.63) is 29.3 Å². The Morgan fingerprint density at radius 1 is 1.15 bits per heavy atom. The maximum absolute atomic E-state index is 11.9. The number of amides is 1. The van der Waals surface area contributed by atoms with Crippen molar-refractivity contribution in [2.75, 3.05) is 32.1 Å². The van der Waals surface area contributed by atoms with Gasteiger partial charge in [-0.25, -0.2) is 0 Å². The highest BCUT2D eigenvalue weighted by molar-refractivity contribution is 7.99. The van der Waals surface area contributed by atoms with Crippen LogP contribution in [0.4, 0.5) is 0 Å². The second-order valence-corrected chi connectivity index (χ2v) is 5.84. The summed E-state index contributed by atoms with van der Waals surface area (Å²) < 4.78 is 0. The SMILES string of the molecule is Cc1ccc(SCCC(=O)N(CCO)CCO)cc1C. The summed E-state index contributed by atoms with van der Waals surface area (Å²) in [6.45, 7) is 4.58. The fourth-order valence-electron chi connectivity index (χ4n) is 1.82. The van der Waals surface area contributed by atoms with Crippen molar-refractivity contribution >= 4 is 17.7 Å². The first-order valence-electron chi connectivity index (χ1n) is 6.78. The summed E-state index contributed by atoms with van der Waals surface area (Å²) in [5.41, 5.74) is 2.52. The van der Waals surface area contributed by atoms with Crippen molar-refractivity contribution in [2.24, 2.45) is 0 Å². The number of carbonyl (C=O) groups is 1. The van der Waals surface area contributed by atoms with E-state index in [1.54, 1.807) is 11.8 Å². The van der Waals surface area contributed by atoms with E-state index in [4.69, 9.17) is 10.2 Å². The van der Waals surface area contributed by atoms with Gasteiger partial charge in [-0.05, 0) is 37.1 Å². The highest BCUT2D eigenvalue weighted by atomic mass is 32.2. The highest BCUT2D eigenvalue weighted by Crippen LogP contribution is 2.21. The van der Waals surface area contributed by atoms with Crippen LogP contribution in [0.5, 0.6) is 0 Å². The maximum atomic E-state index is 11.9. The predicted molar refractivity (Wildman–Crippen MR) is 82.0 cm³/mol. The standard InChI is InChI=1S/C15H23NO3S/c1-12-3-4-14(11-13(12)2)20-10-5-15(19)16(6-8-17)7-9-18/h3-4,11,17-18H,5-10H2,1-2H3. The molecule has 0 saturated heterocycles. The van der Waals surface area contributed by atoms with Gasteiger partial charge in [0.1, 0.15) is 0 Å². The number of hydrogen-bond donors (Lipinski definition) is 2. The maximum Gasteiger partial charge on any atom is 0.223 e. The van der Waals surface area contributed by atoms with Crippen LogP contribution in [0.25, 0.3) is 0 Å². The molecule has 0 aromatic heterocycles. The van der Waals surface area contributed by atoms with E-state index < -0.39 is 0 Å². The molecule has 0 fully saturated rings. The quantitative estimate of drug-likeness (QED) is 0.716. The Hall–Kier alpha value is -1.04. The molecule has 1 rings (SSSR count). The lowest BCUT2D eigenvalue weighted by molar-refractivity contribution is -0.131. The molecule has 1 amide bonds. The van der Waals surface area contributed by atoms with Gasteiger partial charge in [0.2, 0.25) is 5.91 Å². The first-order chi connectivity index (χ1) is 9.58. The van der Waals surface area contributed by atoms with Gasteiger partial charge in [-0.1, -0.05) is 6.07 Å². The number of benzene rings is 1. The van der Waals surface area contributed by atoms with Crippen LogP contribution < -0.4 is 0 Å². The summed E-state index contributed by atoms with van der Waals surface area (Å²) in [7, 11) is 0. The summed E-state index contributed by atoms with van der Waals surface area (Å²) in [4.78, 5) is 14.6. The number of carbonyl (C=O) groups excluding carboxylic acids is 1. The number of aliphatic hydroxyl groups excluding tert-OH is 2. The lowest BCUT2D eigenvalue weighted by Gasteiger charge is -2.20. The van der Waals surface area contributed by atoms with Gasteiger partial charge in [-0.15, -0.1) is 11.8 Å².